The molecule has 2 N–H and O–H groups in total. The predicted octanol–water partition coefficient (Wildman–Crippen LogP) is 2.90. The lowest BCUT2D eigenvalue weighted by molar-refractivity contribution is -0.136. The summed E-state index contributed by atoms with van der Waals surface area (Å²) in [6.07, 6.45) is -0.181. The van der Waals surface area contributed by atoms with Crippen molar-refractivity contribution in [3.8, 4) is 5.69 Å². The van der Waals surface area contributed by atoms with Crippen molar-refractivity contribution in [1.29, 1.82) is 0 Å². The van der Waals surface area contributed by atoms with Crippen molar-refractivity contribution in [2.75, 3.05) is 6.54 Å². The number of hydrogen-bond donors (Lipinski definition) is 2. The van der Waals surface area contributed by atoms with Gasteiger partial charge in [-0.1, -0.05) is 43.1 Å². The quantitative estimate of drug-likeness (QED) is 0.814. The van der Waals surface area contributed by atoms with Crippen LogP contribution in [0.3, 0.4) is 0 Å². The summed E-state index contributed by atoms with van der Waals surface area (Å²) in [4.78, 5) is 26.9. The first-order chi connectivity index (χ1) is 11.3. The number of carboxylic acids is 1. The summed E-state index contributed by atoms with van der Waals surface area (Å²) in [6.45, 7) is 3.79. The average molecular weight is 371 g/mol. The van der Waals surface area contributed by atoms with Crippen molar-refractivity contribution in [2.24, 2.45) is 0 Å². The largest absolute Gasteiger partial charge is 0.481 e. The molecule has 2 rings (SSSR count). The molecular weight excluding hydrogens is 355 g/mol. The summed E-state index contributed by atoms with van der Waals surface area (Å²) in [5.74, 6) is -1.14. The number of rotatable bonds is 6. The number of para-hydroxylation sites is 1. The summed E-state index contributed by atoms with van der Waals surface area (Å²) < 4.78 is 1.45. The maximum absolute atomic E-state index is 12.1. The molecule has 128 valence electrons. The highest BCUT2D eigenvalue weighted by Gasteiger charge is 2.22. The molecule has 0 unspecified atom stereocenters. The van der Waals surface area contributed by atoms with Crippen LogP contribution in [0.1, 0.15) is 42.6 Å². The van der Waals surface area contributed by atoms with Crippen LogP contribution in [0.4, 0.5) is 0 Å². The molecule has 0 aliphatic heterocycles. The molecule has 0 aliphatic rings. The minimum Gasteiger partial charge on any atom is -0.481 e. The van der Waals surface area contributed by atoms with E-state index < -0.39 is 11.9 Å². The smallest absolute Gasteiger partial charge is 0.305 e. The second kappa shape index (κ2) is 7.63. The third-order valence-corrected chi connectivity index (χ3v) is 3.74. The Hall–Kier alpha value is -2.12. The van der Waals surface area contributed by atoms with Crippen molar-refractivity contribution in [3.63, 3.8) is 0 Å². The molecule has 0 bridgehead atoms. The fourth-order valence-corrected chi connectivity index (χ4v) is 2.57. The Morgan fingerprint density at radius 3 is 2.46 bits per heavy atom. The molecule has 1 heterocycles. The SMILES string of the molecule is CC(C)c1nc(C(=O)NCCC(=O)O)nn1-c1c(Cl)cccc1Cl. The summed E-state index contributed by atoms with van der Waals surface area (Å²) >= 11 is 12.4. The average Bonchev–Trinajstić information content (AvgIpc) is 2.91. The van der Waals surface area contributed by atoms with Gasteiger partial charge in [0.2, 0.25) is 5.82 Å². The van der Waals surface area contributed by atoms with E-state index in [1.807, 2.05) is 13.8 Å². The Balaban J connectivity index is 2.38. The van der Waals surface area contributed by atoms with Crippen LogP contribution >= 0.6 is 23.2 Å². The number of nitrogens with zero attached hydrogens (tertiary/aromatic N) is 3. The van der Waals surface area contributed by atoms with E-state index in [4.69, 9.17) is 28.3 Å². The van der Waals surface area contributed by atoms with Gasteiger partial charge in [0.1, 0.15) is 11.5 Å². The van der Waals surface area contributed by atoms with E-state index in [9.17, 15) is 9.59 Å². The molecule has 0 atom stereocenters. The van der Waals surface area contributed by atoms with Gasteiger partial charge in [0, 0.05) is 12.5 Å². The van der Waals surface area contributed by atoms with Gasteiger partial charge in [0.25, 0.3) is 5.91 Å². The Labute approximate surface area is 148 Å². The van der Waals surface area contributed by atoms with Crippen LogP contribution in [0.25, 0.3) is 5.69 Å². The van der Waals surface area contributed by atoms with Gasteiger partial charge in [-0.05, 0) is 12.1 Å². The molecular formula is C15H16Cl2N4O3. The molecule has 0 saturated carbocycles. The zero-order valence-electron chi connectivity index (χ0n) is 13.1. The lowest BCUT2D eigenvalue weighted by atomic mass is 10.2. The highest BCUT2D eigenvalue weighted by molar-refractivity contribution is 6.37. The Morgan fingerprint density at radius 1 is 1.29 bits per heavy atom. The van der Waals surface area contributed by atoms with E-state index in [2.05, 4.69) is 15.4 Å². The van der Waals surface area contributed by atoms with Gasteiger partial charge in [0.15, 0.2) is 0 Å². The summed E-state index contributed by atoms with van der Waals surface area (Å²) in [7, 11) is 0. The zero-order chi connectivity index (χ0) is 17.9. The number of amides is 1. The lowest BCUT2D eigenvalue weighted by Crippen LogP contribution is -2.27. The van der Waals surface area contributed by atoms with Crippen molar-refractivity contribution >= 4 is 35.1 Å². The van der Waals surface area contributed by atoms with Crippen LogP contribution in [0.15, 0.2) is 18.2 Å². The number of aromatic nitrogens is 3. The third kappa shape index (κ3) is 4.04. The lowest BCUT2D eigenvalue weighted by Gasteiger charge is -2.11. The molecule has 7 nitrogen and oxygen atoms in total. The van der Waals surface area contributed by atoms with Gasteiger partial charge in [-0.25, -0.2) is 9.67 Å². The van der Waals surface area contributed by atoms with E-state index in [-0.39, 0.29) is 24.7 Å². The highest BCUT2D eigenvalue weighted by Crippen LogP contribution is 2.30. The molecule has 0 saturated heterocycles. The molecule has 1 amide bonds. The minimum absolute atomic E-state index is 0.00737. The first-order valence-corrected chi connectivity index (χ1v) is 7.98. The van der Waals surface area contributed by atoms with Crippen LogP contribution in [0, 0.1) is 0 Å². The zero-order valence-corrected chi connectivity index (χ0v) is 14.6. The third-order valence-electron chi connectivity index (χ3n) is 3.13. The number of benzene rings is 1. The molecule has 1 aromatic carbocycles. The minimum atomic E-state index is -1.00. The van der Waals surface area contributed by atoms with Gasteiger partial charge in [-0.15, -0.1) is 5.10 Å². The first kappa shape index (κ1) is 18.2. The summed E-state index contributed by atoms with van der Waals surface area (Å²) in [6, 6.07) is 5.04. The number of carbonyl (C=O) groups is 2. The van der Waals surface area contributed by atoms with Gasteiger partial charge in [-0.2, -0.15) is 0 Å². The molecule has 0 fully saturated rings. The van der Waals surface area contributed by atoms with E-state index in [1.54, 1.807) is 18.2 Å². The van der Waals surface area contributed by atoms with E-state index in [1.165, 1.54) is 4.68 Å². The van der Waals surface area contributed by atoms with Crippen LogP contribution in [0.2, 0.25) is 10.0 Å². The standard InChI is InChI=1S/C15H16Cl2N4O3/c1-8(2)14-19-13(15(24)18-7-6-11(22)23)20-21(14)12-9(16)4-3-5-10(12)17/h3-5,8H,6-7H2,1-2H3,(H,18,24)(H,22,23). The fraction of sp³-hybridized carbons (Fsp3) is 0.333. The normalized spacial score (nSPS) is 10.9. The molecule has 2 aromatic rings. The maximum Gasteiger partial charge on any atom is 0.305 e. The van der Waals surface area contributed by atoms with Crippen molar-refractivity contribution < 1.29 is 14.7 Å². The molecule has 0 radical (unpaired) electrons. The summed E-state index contributed by atoms with van der Waals surface area (Å²) in [5, 5.41) is 16.0. The number of nitrogens with one attached hydrogen (secondary N) is 1. The predicted molar refractivity (Wildman–Crippen MR) is 90.1 cm³/mol. The number of halogens is 2. The first-order valence-electron chi connectivity index (χ1n) is 7.22. The van der Waals surface area contributed by atoms with Crippen LogP contribution in [-0.4, -0.2) is 38.3 Å². The number of aliphatic carboxylic acids is 1. The van der Waals surface area contributed by atoms with E-state index in [0.717, 1.165) is 0 Å². The molecule has 0 spiro atoms. The van der Waals surface area contributed by atoms with Crippen LogP contribution < -0.4 is 5.32 Å². The highest BCUT2D eigenvalue weighted by atomic mass is 35.5. The summed E-state index contributed by atoms with van der Waals surface area (Å²) in [5.41, 5.74) is 0.446. The van der Waals surface area contributed by atoms with Crippen molar-refractivity contribution in [2.45, 2.75) is 26.2 Å². The molecule has 24 heavy (non-hydrogen) atoms. The van der Waals surface area contributed by atoms with Gasteiger partial charge in [-0.3, -0.25) is 9.59 Å². The van der Waals surface area contributed by atoms with Crippen molar-refractivity contribution in [1.82, 2.24) is 20.1 Å². The molecule has 1 aromatic heterocycles. The maximum atomic E-state index is 12.1. The molecule has 0 aliphatic carbocycles. The number of carboxylic acid groups (broad SMARTS) is 1. The Bertz CT molecular complexity index is 754. The monoisotopic (exact) mass is 370 g/mol. The second-order valence-electron chi connectivity index (χ2n) is 5.33. The van der Waals surface area contributed by atoms with Gasteiger partial charge >= 0.3 is 5.97 Å². The van der Waals surface area contributed by atoms with Crippen LogP contribution in [0.5, 0.6) is 0 Å². The van der Waals surface area contributed by atoms with Gasteiger partial charge in [0.05, 0.1) is 16.5 Å². The van der Waals surface area contributed by atoms with Crippen molar-refractivity contribution in [3.05, 3.63) is 39.9 Å². The number of hydrogen-bond acceptors (Lipinski definition) is 4. The van der Waals surface area contributed by atoms with E-state index in [0.29, 0.717) is 21.6 Å². The number of carbonyl (C=O) groups excluding carboxylic acids is 1. The Kier molecular flexibility index (Phi) is 5.80. The second-order valence-corrected chi connectivity index (χ2v) is 6.14. The molecule has 9 heteroatoms. The Morgan fingerprint density at radius 2 is 1.92 bits per heavy atom. The van der Waals surface area contributed by atoms with Crippen LogP contribution in [-0.2, 0) is 4.79 Å². The van der Waals surface area contributed by atoms with E-state index >= 15 is 0 Å². The fourth-order valence-electron chi connectivity index (χ4n) is 2.01. The van der Waals surface area contributed by atoms with Gasteiger partial charge < -0.3 is 10.4 Å². The topological polar surface area (TPSA) is 97.1 Å².